The van der Waals surface area contributed by atoms with Crippen molar-refractivity contribution in [2.24, 2.45) is 5.92 Å². The number of ether oxygens (including phenoxy) is 1. The lowest BCUT2D eigenvalue weighted by atomic mass is 10.2. The second-order valence-corrected chi connectivity index (χ2v) is 8.38. The molecule has 6 nitrogen and oxygen atoms in total. The molecule has 1 amide bonds. The monoisotopic (exact) mass is 398 g/mol. The molecule has 1 atom stereocenters. The standard InChI is InChI=1S/C23H34N4O2/c1-5-27-13-21(19(4)24-27)12-25-14-22(29-17-20-9-7-6-8-10-20)15-26(11-18(2)3)23(28)16-25/h6-10,13,18,22H,5,11-12,14-17H2,1-4H3. The molecule has 0 aliphatic carbocycles. The Labute approximate surface area is 174 Å². The molecular weight excluding hydrogens is 364 g/mol. The first-order valence-corrected chi connectivity index (χ1v) is 10.6. The number of aryl methyl sites for hydroxylation is 2. The predicted octanol–water partition coefficient (Wildman–Crippen LogP) is 3.10. The molecule has 0 saturated carbocycles. The average Bonchev–Trinajstić information content (AvgIpc) is 2.97. The van der Waals surface area contributed by atoms with E-state index in [1.807, 2.05) is 34.7 Å². The Hall–Kier alpha value is -2.18. The van der Waals surface area contributed by atoms with Crippen LogP contribution in [0.25, 0.3) is 0 Å². The Balaban J connectivity index is 1.72. The van der Waals surface area contributed by atoms with Crippen LogP contribution in [0, 0.1) is 12.8 Å². The fourth-order valence-electron chi connectivity index (χ4n) is 3.80. The number of hydrogen-bond acceptors (Lipinski definition) is 4. The molecule has 2 heterocycles. The molecule has 0 bridgehead atoms. The third-order valence-electron chi connectivity index (χ3n) is 5.28. The third kappa shape index (κ3) is 6.15. The van der Waals surface area contributed by atoms with Gasteiger partial charge in [-0.3, -0.25) is 14.4 Å². The number of nitrogens with zero attached hydrogens (tertiary/aromatic N) is 4. The summed E-state index contributed by atoms with van der Waals surface area (Å²) >= 11 is 0. The van der Waals surface area contributed by atoms with Gasteiger partial charge in [0.25, 0.3) is 0 Å². The van der Waals surface area contributed by atoms with E-state index in [0.29, 0.717) is 25.6 Å². The topological polar surface area (TPSA) is 50.6 Å². The van der Waals surface area contributed by atoms with Gasteiger partial charge in [0.05, 0.1) is 24.9 Å². The maximum Gasteiger partial charge on any atom is 0.236 e. The van der Waals surface area contributed by atoms with E-state index < -0.39 is 0 Å². The second kappa shape index (κ2) is 10.0. The van der Waals surface area contributed by atoms with Crippen LogP contribution < -0.4 is 0 Å². The maximum absolute atomic E-state index is 12.9. The van der Waals surface area contributed by atoms with Crippen LogP contribution in [-0.2, 0) is 29.2 Å². The summed E-state index contributed by atoms with van der Waals surface area (Å²) in [7, 11) is 0. The van der Waals surface area contributed by atoms with E-state index >= 15 is 0 Å². The minimum atomic E-state index is -0.0121. The molecule has 1 unspecified atom stereocenters. The molecule has 3 rings (SSSR count). The van der Waals surface area contributed by atoms with E-state index in [0.717, 1.165) is 37.4 Å². The summed E-state index contributed by atoms with van der Waals surface area (Å²) in [6.45, 7) is 13.1. The highest BCUT2D eigenvalue weighted by molar-refractivity contribution is 5.78. The number of carbonyl (C=O) groups excluding carboxylic acids is 1. The number of aromatic nitrogens is 2. The average molecular weight is 399 g/mol. The fraction of sp³-hybridized carbons (Fsp3) is 0.565. The van der Waals surface area contributed by atoms with Crippen LogP contribution in [0.5, 0.6) is 0 Å². The summed E-state index contributed by atoms with van der Waals surface area (Å²) in [6.07, 6.45) is 2.08. The fourth-order valence-corrected chi connectivity index (χ4v) is 3.80. The first-order chi connectivity index (χ1) is 13.9. The van der Waals surface area contributed by atoms with Gasteiger partial charge in [0.2, 0.25) is 5.91 Å². The number of hydrogen-bond donors (Lipinski definition) is 0. The Morgan fingerprint density at radius 2 is 1.97 bits per heavy atom. The second-order valence-electron chi connectivity index (χ2n) is 8.38. The minimum absolute atomic E-state index is 0.0121. The normalized spacial score (nSPS) is 18.4. The molecule has 1 aromatic heterocycles. The van der Waals surface area contributed by atoms with Crippen LogP contribution >= 0.6 is 0 Å². The molecule has 0 spiro atoms. The highest BCUT2D eigenvalue weighted by Gasteiger charge is 2.29. The van der Waals surface area contributed by atoms with Gasteiger partial charge in [-0.15, -0.1) is 0 Å². The maximum atomic E-state index is 12.9. The van der Waals surface area contributed by atoms with Crippen LogP contribution in [0.2, 0.25) is 0 Å². The lowest BCUT2D eigenvalue weighted by Crippen LogP contribution is -2.40. The van der Waals surface area contributed by atoms with Crippen molar-refractivity contribution in [2.45, 2.75) is 53.5 Å². The quantitative estimate of drug-likeness (QED) is 0.686. The van der Waals surface area contributed by atoms with Gasteiger partial charge >= 0.3 is 0 Å². The number of benzene rings is 1. The van der Waals surface area contributed by atoms with E-state index in [4.69, 9.17) is 4.74 Å². The number of rotatable bonds is 8. The Kier molecular flexibility index (Phi) is 7.45. The molecule has 1 aliphatic heterocycles. The number of amides is 1. The Morgan fingerprint density at radius 3 is 2.62 bits per heavy atom. The van der Waals surface area contributed by atoms with Gasteiger partial charge in [0, 0.05) is 44.5 Å². The van der Waals surface area contributed by atoms with E-state index in [9.17, 15) is 4.79 Å². The highest BCUT2D eigenvalue weighted by Crippen LogP contribution is 2.16. The van der Waals surface area contributed by atoms with Gasteiger partial charge in [0.1, 0.15) is 0 Å². The van der Waals surface area contributed by atoms with Gasteiger partial charge in [-0.25, -0.2) is 0 Å². The zero-order chi connectivity index (χ0) is 20.8. The van der Waals surface area contributed by atoms with Crippen LogP contribution in [-0.4, -0.2) is 57.8 Å². The molecule has 0 radical (unpaired) electrons. The van der Waals surface area contributed by atoms with E-state index in [1.165, 1.54) is 5.56 Å². The molecule has 0 N–H and O–H groups in total. The largest absolute Gasteiger partial charge is 0.370 e. The summed E-state index contributed by atoms with van der Waals surface area (Å²) in [4.78, 5) is 17.1. The molecule has 1 aliphatic rings. The molecule has 1 fully saturated rings. The van der Waals surface area contributed by atoms with Crippen LogP contribution in [0.15, 0.2) is 36.5 Å². The van der Waals surface area contributed by atoms with Crippen molar-refractivity contribution < 1.29 is 9.53 Å². The summed E-state index contributed by atoms with van der Waals surface area (Å²) in [5, 5.41) is 4.55. The van der Waals surface area contributed by atoms with Gasteiger partial charge < -0.3 is 9.64 Å². The van der Waals surface area contributed by atoms with Crippen molar-refractivity contribution in [1.82, 2.24) is 19.6 Å². The zero-order valence-electron chi connectivity index (χ0n) is 18.2. The first kappa shape index (κ1) is 21.5. The lowest BCUT2D eigenvalue weighted by molar-refractivity contribution is -0.132. The number of carbonyl (C=O) groups is 1. The minimum Gasteiger partial charge on any atom is -0.370 e. The van der Waals surface area contributed by atoms with Gasteiger partial charge in [-0.1, -0.05) is 44.2 Å². The van der Waals surface area contributed by atoms with Crippen molar-refractivity contribution in [3.8, 4) is 0 Å². The van der Waals surface area contributed by atoms with Gasteiger partial charge in [-0.05, 0) is 25.3 Å². The van der Waals surface area contributed by atoms with E-state index in [2.05, 4.69) is 49.1 Å². The Morgan fingerprint density at radius 1 is 1.21 bits per heavy atom. The molecule has 2 aromatic rings. The molecule has 6 heteroatoms. The van der Waals surface area contributed by atoms with Crippen molar-refractivity contribution in [3.05, 3.63) is 53.3 Å². The third-order valence-corrected chi connectivity index (χ3v) is 5.28. The molecule has 158 valence electrons. The molecule has 29 heavy (non-hydrogen) atoms. The smallest absolute Gasteiger partial charge is 0.236 e. The van der Waals surface area contributed by atoms with Crippen LogP contribution in [0.3, 0.4) is 0 Å². The predicted molar refractivity (Wildman–Crippen MR) is 114 cm³/mol. The SMILES string of the molecule is CCn1cc(CN2CC(=O)N(CC(C)C)CC(OCc3ccccc3)C2)c(C)n1. The lowest BCUT2D eigenvalue weighted by Gasteiger charge is -2.26. The highest BCUT2D eigenvalue weighted by atomic mass is 16.5. The van der Waals surface area contributed by atoms with Crippen molar-refractivity contribution in [3.63, 3.8) is 0 Å². The summed E-state index contributed by atoms with van der Waals surface area (Å²) in [5.41, 5.74) is 3.37. The molecule has 1 aromatic carbocycles. The summed E-state index contributed by atoms with van der Waals surface area (Å²) in [5.74, 6) is 0.621. The van der Waals surface area contributed by atoms with Crippen molar-refractivity contribution in [1.29, 1.82) is 0 Å². The van der Waals surface area contributed by atoms with Crippen molar-refractivity contribution in [2.75, 3.05) is 26.2 Å². The van der Waals surface area contributed by atoms with Crippen LogP contribution in [0.4, 0.5) is 0 Å². The van der Waals surface area contributed by atoms with Gasteiger partial charge in [0.15, 0.2) is 0 Å². The zero-order valence-corrected chi connectivity index (χ0v) is 18.2. The Bertz CT molecular complexity index is 787. The molecular formula is C23H34N4O2. The van der Waals surface area contributed by atoms with E-state index in [1.54, 1.807) is 0 Å². The van der Waals surface area contributed by atoms with Crippen LogP contribution in [0.1, 0.15) is 37.6 Å². The summed E-state index contributed by atoms with van der Waals surface area (Å²) in [6, 6.07) is 10.2. The first-order valence-electron chi connectivity index (χ1n) is 10.6. The van der Waals surface area contributed by atoms with E-state index in [-0.39, 0.29) is 12.0 Å². The van der Waals surface area contributed by atoms with Crippen molar-refractivity contribution >= 4 is 5.91 Å². The molecule has 1 saturated heterocycles. The summed E-state index contributed by atoms with van der Waals surface area (Å²) < 4.78 is 8.23. The van der Waals surface area contributed by atoms with Gasteiger partial charge in [-0.2, -0.15) is 5.10 Å².